The van der Waals surface area contributed by atoms with Gasteiger partial charge in [0.15, 0.2) is 0 Å². The Balaban J connectivity index is 2.02. The number of nitrogen functional groups attached to an aromatic ring is 1. The SMILES string of the molecule is CN[C@H](C)c1cncc(NC(=O)c2c(N)ncn(-c3c(Cl)cc(OC)cc3Cl)c2=O)c1. The van der Waals surface area contributed by atoms with E-state index in [1.807, 2.05) is 14.0 Å². The number of hydrogen-bond donors (Lipinski definition) is 3. The van der Waals surface area contributed by atoms with E-state index in [-0.39, 0.29) is 33.2 Å². The summed E-state index contributed by atoms with van der Waals surface area (Å²) in [5.74, 6) is -0.551. The highest BCUT2D eigenvalue weighted by Crippen LogP contribution is 2.32. The van der Waals surface area contributed by atoms with Crippen molar-refractivity contribution in [3.05, 3.63) is 68.4 Å². The van der Waals surface area contributed by atoms with E-state index in [0.29, 0.717) is 11.4 Å². The molecule has 3 rings (SSSR count). The first-order valence-electron chi connectivity index (χ1n) is 9.10. The van der Waals surface area contributed by atoms with Gasteiger partial charge < -0.3 is 21.1 Å². The maximum Gasteiger partial charge on any atom is 0.273 e. The van der Waals surface area contributed by atoms with E-state index in [9.17, 15) is 9.59 Å². The topological polar surface area (TPSA) is 124 Å². The first kappa shape index (κ1) is 22.5. The van der Waals surface area contributed by atoms with E-state index >= 15 is 0 Å². The Bertz CT molecular complexity index is 1170. The summed E-state index contributed by atoms with van der Waals surface area (Å²) in [6, 6.07) is 4.75. The molecule has 1 amide bonds. The maximum atomic E-state index is 13.1. The zero-order valence-electron chi connectivity index (χ0n) is 16.9. The van der Waals surface area contributed by atoms with Crippen molar-refractivity contribution in [2.75, 3.05) is 25.2 Å². The molecule has 2 heterocycles. The van der Waals surface area contributed by atoms with Gasteiger partial charge in [-0.15, -0.1) is 0 Å². The molecule has 11 heteroatoms. The van der Waals surface area contributed by atoms with Gasteiger partial charge >= 0.3 is 0 Å². The molecule has 0 spiro atoms. The van der Waals surface area contributed by atoms with Crippen LogP contribution in [0.15, 0.2) is 41.7 Å². The highest BCUT2D eigenvalue weighted by molar-refractivity contribution is 6.38. The van der Waals surface area contributed by atoms with Crippen LogP contribution in [-0.4, -0.2) is 34.6 Å². The monoisotopic (exact) mass is 462 g/mol. The molecule has 31 heavy (non-hydrogen) atoms. The lowest BCUT2D eigenvalue weighted by atomic mass is 10.1. The van der Waals surface area contributed by atoms with Crippen LogP contribution < -0.4 is 26.7 Å². The van der Waals surface area contributed by atoms with Gasteiger partial charge in [-0.05, 0) is 25.6 Å². The third-order valence-electron chi connectivity index (χ3n) is 4.65. The fourth-order valence-electron chi connectivity index (χ4n) is 2.85. The highest BCUT2D eigenvalue weighted by atomic mass is 35.5. The molecule has 0 saturated heterocycles. The number of carbonyl (C=O) groups excluding carboxylic acids is 1. The van der Waals surface area contributed by atoms with Crippen LogP contribution >= 0.6 is 23.2 Å². The number of ether oxygens (including phenoxy) is 1. The van der Waals surface area contributed by atoms with E-state index in [0.717, 1.165) is 16.5 Å². The van der Waals surface area contributed by atoms with Crippen molar-refractivity contribution in [1.82, 2.24) is 19.9 Å². The summed E-state index contributed by atoms with van der Waals surface area (Å²) in [7, 11) is 3.27. The molecule has 0 saturated carbocycles. The standard InChI is InChI=1S/C20H20Cl2N6O3/c1-10(24-2)11-4-12(8-25-7-11)27-19(29)16-18(23)26-9-28(20(16)30)17-14(21)5-13(31-3)6-15(17)22/h4-10,24H,23H2,1-3H3,(H,27,29)/t10-/m1/s1. The van der Waals surface area contributed by atoms with Crippen molar-refractivity contribution in [3.63, 3.8) is 0 Å². The van der Waals surface area contributed by atoms with Crippen molar-refractivity contribution in [2.24, 2.45) is 0 Å². The van der Waals surface area contributed by atoms with Gasteiger partial charge in [0.25, 0.3) is 11.5 Å². The molecule has 4 N–H and O–H groups in total. The fraction of sp³-hybridized carbons (Fsp3) is 0.200. The minimum atomic E-state index is -0.735. The summed E-state index contributed by atoms with van der Waals surface area (Å²) in [6.07, 6.45) is 4.30. The normalized spacial score (nSPS) is 11.8. The van der Waals surface area contributed by atoms with Crippen LogP contribution in [-0.2, 0) is 0 Å². The predicted octanol–water partition coefficient (Wildman–Crippen LogP) is 3.06. The molecule has 0 unspecified atom stereocenters. The van der Waals surface area contributed by atoms with Crippen LogP contribution in [0.25, 0.3) is 5.69 Å². The van der Waals surface area contributed by atoms with E-state index in [2.05, 4.69) is 20.6 Å². The molecule has 0 bridgehead atoms. The Morgan fingerprint density at radius 3 is 2.52 bits per heavy atom. The summed E-state index contributed by atoms with van der Waals surface area (Å²) in [6.45, 7) is 1.95. The van der Waals surface area contributed by atoms with Gasteiger partial charge in [-0.1, -0.05) is 23.2 Å². The molecular formula is C20H20Cl2N6O3. The number of nitrogens with two attached hydrogens (primary N) is 1. The summed E-state index contributed by atoms with van der Waals surface area (Å²) >= 11 is 12.6. The summed E-state index contributed by atoms with van der Waals surface area (Å²) < 4.78 is 6.18. The van der Waals surface area contributed by atoms with E-state index < -0.39 is 11.5 Å². The number of benzene rings is 1. The third-order valence-corrected chi connectivity index (χ3v) is 5.22. The van der Waals surface area contributed by atoms with Crippen molar-refractivity contribution in [1.29, 1.82) is 0 Å². The molecule has 1 aromatic carbocycles. The molecule has 0 radical (unpaired) electrons. The predicted molar refractivity (Wildman–Crippen MR) is 120 cm³/mol. The average molecular weight is 463 g/mol. The number of nitrogens with zero attached hydrogens (tertiary/aromatic N) is 3. The largest absolute Gasteiger partial charge is 0.497 e. The first-order valence-corrected chi connectivity index (χ1v) is 9.86. The second-order valence-electron chi connectivity index (χ2n) is 6.59. The zero-order chi connectivity index (χ0) is 22.7. The van der Waals surface area contributed by atoms with Gasteiger partial charge in [-0.3, -0.25) is 19.1 Å². The number of pyridine rings is 1. The minimum Gasteiger partial charge on any atom is -0.497 e. The van der Waals surface area contributed by atoms with Crippen molar-refractivity contribution in [2.45, 2.75) is 13.0 Å². The number of methoxy groups -OCH3 is 1. The maximum absolute atomic E-state index is 13.1. The van der Waals surface area contributed by atoms with Crippen LogP contribution in [0.1, 0.15) is 28.9 Å². The Morgan fingerprint density at radius 2 is 1.90 bits per heavy atom. The van der Waals surface area contributed by atoms with Crippen molar-refractivity contribution >= 4 is 40.6 Å². The number of anilines is 2. The number of rotatable bonds is 6. The average Bonchev–Trinajstić information content (AvgIpc) is 2.74. The molecule has 0 aliphatic carbocycles. The van der Waals surface area contributed by atoms with Crippen LogP contribution in [0.2, 0.25) is 10.0 Å². The fourth-order valence-corrected chi connectivity index (χ4v) is 3.50. The van der Waals surface area contributed by atoms with Crippen molar-refractivity contribution in [3.8, 4) is 11.4 Å². The highest BCUT2D eigenvalue weighted by Gasteiger charge is 2.21. The first-order chi connectivity index (χ1) is 14.8. The molecule has 0 aliphatic rings. The van der Waals surface area contributed by atoms with Gasteiger partial charge in [0.1, 0.15) is 23.5 Å². The lowest BCUT2D eigenvalue weighted by Crippen LogP contribution is -2.31. The van der Waals surface area contributed by atoms with E-state index in [1.54, 1.807) is 12.3 Å². The van der Waals surface area contributed by atoms with Gasteiger partial charge in [-0.2, -0.15) is 0 Å². The number of halogens is 2. The van der Waals surface area contributed by atoms with Crippen LogP contribution in [0, 0.1) is 0 Å². The molecule has 1 atom stereocenters. The van der Waals surface area contributed by atoms with E-state index in [4.69, 9.17) is 33.7 Å². The second-order valence-corrected chi connectivity index (χ2v) is 7.41. The number of nitrogens with one attached hydrogen (secondary N) is 2. The molecule has 0 fully saturated rings. The van der Waals surface area contributed by atoms with Crippen molar-refractivity contribution < 1.29 is 9.53 Å². The molecule has 0 aliphatic heterocycles. The molecule has 2 aromatic heterocycles. The lowest BCUT2D eigenvalue weighted by Gasteiger charge is -2.14. The smallest absolute Gasteiger partial charge is 0.273 e. The third kappa shape index (κ3) is 4.63. The summed E-state index contributed by atoms with van der Waals surface area (Å²) in [4.78, 5) is 34.1. The van der Waals surface area contributed by atoms with Crippen LogP contribution in [0.5, 0.6) is 5.75 Å². The quantitative estimate of drug-likeness (QED) is 0.513. The number of aromatic nitrogens is 3. The Kier molecular flexibility index (Phi) is 6.79. The van der Waals surface area contributed by atoms with Crippen LogP contribution in [0.3, 0.4) is 0 Å². The number of amides is 1. The van der Waals surface area contributed by atoms with Gasteiger partial charge in [0, 0.05) is 24.4 Å². The van der Waals surface area contributed by atoms with Crippen LogP contribution in [0.4, 0.5) is 11.5 Å². The van der Waals surface area contributed by atoms with Gasteiger partial charge in [0.2, 0.25) is 0 Å². The number of hydrogen-bond acceptors (Lipinski definition) is 7. The molecule has 9 nitrogen and oxygen atoms in total. The van der Waals surface area contributed by atoms with Gasteiger partial charge in [0.05, 0.1) is 34.7 Å². The summed E-state index contributed by atoms with van der Waals surface area (Å²) in [5, 5.41) is 6.01. The summed E-state index contributed by atoms with van der Waals surface area (Å²) in [5.41, 5.74) is 6.18. The van der Waals surface area contributed by atoms with E-state index in [1.165, 1.54) is 25.4 Å². The lowest BCUT2D eigenvalue weighted by molar-refractivity contribution is 0.102. The number of carbonyl (C=O) groups is 1. The molecule has 162 valence electrons. The Hall–Kier alpha value is -3.14. The zero-order valence-corrected chi connectivity index (χ0v) is 18.5. The minimum absolute atomic E-state index is 0.0180. The second kappa shape index (κ2) is 9.34. The van der Waals surface area contributed by atoms with Gasteiger partial charge in [-0.25, -0.2) is 4.98 Å². The Labute approximate surface area is 188 Å². The Morgan fingerprint density at radius 1 is 1.23 bits per heavy atom. The molecule has 3 aromatic rings. The molecular weight excluding hydrogens is 443 g/mol.